The van der Waals surface area contributed by atoms with Crippen LogP contribution in [0.5, 0.6) is 0 Å². The number of nitrogens with zero attached hydrogens (tertiary/aromatic N) is 1. The molecule has 0 aliphatic rings. The van der Waals surface area contributed by atoms with Gasteiger partial charge in [0.05, 0.1) is 11.8 Å². The van der Waals surface area contributed by atoms with E-state index < -0.39 is 15.9 Å². The van der Waals surface area contributed by atoms with Gasteiger partial charge in [0.2, 0.25) is 21.8 Å². The quantitative estimate of drug-likeness (QED) is 0.723. The highest BCUT2D eigenvalue weighted by Gasteiger charge is 2.24. The molecule has 0 fully saturated rings. The fourth-order valence-corrected chi connectivity index (χ4v) is 3.41. The van der Waals surface area contributed by atoms with Crippen LogP contribution in [0.25, 0.3) is 22.4 Å². The summed E-state index contributed by atoms with van der Waals surface area (Å²) in [5.74, 6) is -0.694. The molecule has 7 nitrogen and oxygen atoms in total. The average molecular weight is 363 g/mol. The van der Waals surface area contributed by atoms with Crippen LogP contribution in [0.4, 0.5) is 5.88 Å². The third-order valence-corrected chi connectivity index (χ3v) is 4.47. The van der Waals surface area contributed by atoms with Gasteiger partial charge < -0.3 is 10.3 Å². The van der Waals surface area contributed by atoms with E-state index in [-0.39, 0.29) is 11.4 Å². The van der Waals surface area contributed by atoms with Crippen LogP contribution in [-0.2, 0) is 10.0 Å². The Morgan fingerprint density at radius 3 is 2.67 bits per heavy atom. The summed E-state index contributed by atoms with van der Waals surface area (Å²) in [6.45, 7) is 0. The zero-order valence-electron chi connectivity index (χ0n) is 12.5. The molecule has 0 bridgehead atoms. The van der Waals surface area contributed by atoms with Gasteiger partial charge in [-0.25, -0.2) is 8.42 Å². The second kappa shape index (κ2) is 6.10. The van der Waals surface area contributed by atoms with Crippen molar-refractivity contribution in [3.05, 3.63) is 46.7 Å². The van der Waals surface area contributed by atoms with E-state index in [0.717, 1.165) is 11.8 Å². The second-order valence-corrected chi connectivity index (χ2v) is 7.56. The topological polar surface area (TPSA) is 115 Å². The molecule has 0 saturated carbocycles. The summed E-state index contributed by atoms with van der Waals surface area (Å²) in [6.07, 6.45) is 1.00. The Morgan fingerprint density at radius 1 is 1.29 bits per heavy atom. The number of sulfonamides is 1. The predicted molar refractivity (Wildman–Crippen MR) is 92.2 cm³/mol. The summed E-state index contributed by atoms with van der Waals surface area (Å²) in [5, 5.41) is 7.68. The summed E-state index contributed by atoms with van der Waals surface area (Å²) in [6, 6.07) is 8.44. The summed E-state index contributed by atoms with van der Waals surface area (Å²) >= 11 is 1.46. The van der Waals surface area contributed by atoms with E-state index in [2.05, 4.69) is 9.88 Å². The number of aromatic nitrogens is 1. The maximum absolute atomic E-state index is 11.7. The van der Waals surface area contributed by atoms with Crippen molar-refractivity contribution in [3.8, 4) is 22.4 Å². The maximum Gasteiger partial charge on any atom is 0.249 e. The maximum atomic E-state index is 11.7. The minimum Gasteiger partial charge on any atom is -0.366 e. The summed E-state index contributed by atoms with van der Waals surface area (Å²) in [5.41, 5.74) is 7.67. The zero-order valence-corrected chi connectivity index (χ0v) is 14.1. The Kier molecular flexibility index (Phi) is 4.12. The van der Waals surface area contributed by atoms with Gasteiger partial charge in [-0.05, 0) is 17.5 Å². The number of nitrogens with one attached hydrogen (secondary N) is 1. The predicted octanol–water partition coefficient (Wildman–Crippen LogP) is 2.54. The highest BCUT2D eigenvalue weighted by atomic mass is 32.2. The molecule has 0 saturated heterocycles. The Bertz CT molecular complexity index is 992. The molecule has 9 heteroatoms. The van der Waals surface area contributed by atoms with Gasteiger partial charge >= 0.3 is 0 Å². The summed E-state index contributed by atoms with van der Waals surface area (Å²) in [4.78, 5) is 11.7. The third-order valence-electron chi connectivity index (χ3n) is 3.23. The number of carbonyl (C=O) groups is 1. The van der Waals surface area contributed by atoms with Crippen molar-refractivity contribution >= 4 is 33.2 Å². The van der Waals surface area contributed by atoms with Crippen molar-refractivity contribution in [2.24, 2.45) is 5.73 Å². The number of carbonyl (C=O) groups excluding carboxylic acids is 1. The molecule has 0 radical (unpaired) electrons. The fourth-order valence-electron chi connectivity index (χ4n) is 2.29. The largest absolute Gasteiger partial charge is 0.366 e. The van der Waals surface area contributed by atoms with Gasteiger partial charge in [0.15, 0.2) is 0 Å². The highest BCUT2D eigenvalue weighted by Crippen LogP contribution is 2.40. The minimum absolute atomic E-state index is 0.0626. The molecule has 0 aliphatic heterocycles. The zero-order chi connectivity index (χ0) is 17.3. The first kappa shape index (κ1) is 16.2. The van der Waals surface area contributed by atoms with E-state index in [1.54, 1.807) is 24.3 Å². The van der Waals surface area contributed by atoms with Crippen molar-refractivity contribution in [1.82, 2.24) is 5.16 Å². The smallest absolute Gasteiger partial charge is 0.249 e. The van der Waals surface area contributed by atoms with E-state index in [1.165, 1.54) is 11.3 Å². The molecule has 0 aliphatic carbocycles. The molecule has 2 aromatic heterocycles. The van der Waals surface area contributed by atoms with Gasteiger partial charge in [0, 0.05) is 22.1 Å². The Labute approximate surface area is 142 Å². The van der Waals surface area contributed by atoms with Crippen molar-refractivity contribution in [2.75, 3.05) is 11.0 Å². The molecule has 3 N–H and O–H groups in total. The van der Waals surface area contributed by atoms with Crippen LogP contribution in [0.15, 0.2) is 45.6 Å². The lowest BCUT2D eigenvalue weighted by Gasteiger charge is -2.08. The molecule has 0 spiro atoms. The number of hydrogen-bond acceptors (Lipinski definition) is 6. The van der Waals surface area contributed by atoms with Gasteiger partial charge in [0.25, 0.3) is 0 Å². The lowest BCUT2D eigenvalue weighted by atomic mass is 9.97. The van der Waals surface area contributed by atoms with Crippen LogP contribution in [0.3, 0.4) is 0 Å². The molecule has 24 heavy (non-hydrogen) atoms. The lowest BCUT2D eigenvalue weighted by molar-refractivity contribution is 0.100. The number of nitrogens with two attached hydrogens (primary N) is 1. The van der Waals surface area contributed by atoms with Crippen LogP contribution in [0, 0.1) is 0 Å². The number of rotatable bonds is 5. The number of benzene rings is 1. The molecule has 3 aromatic rings. The molecule has 1 amide bonds. The number of primary amides is 1. The van der Waals surface area contributed by atoms with Crippen LogP contribution < -0.4 is 10.5 Å². The SMILES string of the molecule is CS(=O)(=O)Nc1onc(-c2ccsc2)c1-c1ccccc1C(N)=O. The van der Waals surface area contributed by atoms with E-state index >= 15 is 0 Å². The first-order valence-corrected chi connectivity index (χ1v) is 9.59. The average Bonchev–Trinajstić information content (AvgIpc) is 3.14. The van der Waals surface area contributed by atoms with Gasteiger partial charge in [-0.15, -0.1) is 0 Å². The van der Waals surface area contributed by atoms with Crippen molar-refractivity contribution in [2.45, 2.75) is 0 Å². The lowest BCUT2D eigenvalue weighted by Crippen LogP contribution is -2.13. The molecule has 3 rings (SSSR count). The first-order valence-electron chi connectivity index (χ1n) is 6.76. The van der Waals surface area contributed by atoms with Gasteiger partial charge in [-0.3, -0.25) is 9.52 Å². The van der Waals surface area contributed by atoms with E-state index in [9.17, 15) is 13.2 Å². The number of thiophene rings is 1. The highest BCUT2D eigenvalue weighted by molar-refractivity contribution is 7.92. The standard InChI is InChI=1S/C15H13N3O4S2/c1-24(20,21)18-15-12(10-4-2-3-5-11(10)14(16)19)13(17-22-15)9-6-7-23-8-9/h2-8,18H,1H3,(H2,16,19). The van der Waals surface area contributed by atoms with E-state index in [0.29, 0.717) is 16.8 Å². The molecule has 2 heterocycles. The number of anilines is 1. The van der Waals surface area contributed by atoms with Crippen LogP contribution in [-0.4, -0.2) is 25.7 Å². The van der Waals surface area contributed by atoms with E-state index in [4.69, 9.17) is 10.3 Å². The molecule has 0 atom stereocenters. The first-order chi connectivity index (χ1) is 11.4. The molecular formula is C15H13N3O4S2. The number of hydrogen-bond donors (Lipinski definition) is 2. The van der Waals surface area contributed by atoms with Crippen molar-refractivity contribution in [3.63, 3.8) is 0 Å². The van der Waals surface area contributed by atoms with Crippen LogP contribution in [0.1, 0.15) is 10.4 Å². The monoisotopic (exact) mass is 363 g/mol. The normalized spacial score (nSPS) is 11.4. The minimum atomic E-state index is -3.59. The van der Waals surface area contributed by atoms with E-state index in [1.807, 2.05) is 16.8 Å². The van der Waals surface area contributed by atoms with Crippen molar-refractivity contribution < 1.29 is 17.7 Å². The number of amides is 1. The third kappa shape index (κ3) is 3.17. The van der Waals surface area contributed by atoms with Crippen LogP contribution >= 0.6 is 11.3 Å². The summed E-state index contributed by atoms with van der Waals surface area (Å²) < 4.78 is 30.7. The molecule has 124 valence electrons. The fraction of sp³-hybridized carbons (Fsp3) is 0.0667. The second-order valence-electron chi connectivity index (χ2n) is 5.03. The molecule has 1 aromatic carbocycles. The summed E-state index contributed by atoms with van der Waals surface area (Å²) in [7, 11) is -3.59. The molecular weight excluding hydrogens is 350 g/mol. The molecule has 0 unspecified atom stereocenters. The Balaban J connectivity index is 2.28. The Morgan fingerprint density at radius 2 is 2.04 bits per heavy atom. The van der Waals surface area contributed by atoms with Crippen LogP contribution in [0.2, 0.25) is 0 Å². The van der Waals surface area contributed by atoms with Gasteiger partial charge in [0.1, 0.15) is 5.69 Å². The van der Waals surface area contributed by atoms with Gasteiger partial charge in [-0.2, -0.15) is 11.3 Å². The Hall–Kier alpha value is -2.65. The van der Waals surface area contributed by atoms with Gasteiger partial charge in [-0.1, -0.05) is 23.4 Å². The van der Waals surface area contributed by atoms with Crippen molar-refractivity contribution in [1.29, 1.82) is 0 Å².